The molecule has 0 saturated carbocycles. The van der Waals surface area contributed by atoms with Crippen molar-refractivity contribution in [3.8, 4) is 0 Å². The third kappa shape index (κ3) is 3.26. The summed E-state index contributed by atoms with van der Waals surface area (Å²) in [7, 11) is 1.33. The molecule has 1 amide bonds. The van der Waals surface area contributed by atoms with Crippen LogP contribution >= 0.6 is 11.8 Å². The standard InChI is InChI=1S/C19H18FNO3S/c1-11-8-13(4-6-15(11)20)18-21(17(22)10-25-18)16-7-5-14(9-12(16)2)19(23)24-3/h4-9,18H,10H2,1-3H3. The molecular formula is C19H18FNO3S. The normalized spacial score (nSPS) is 17.0. The Morgan fingerprint density at radius 1 is 1.20 bits per heavy atom. The molecule has 6 heteroatoms. The molecule has 1 fully saturated rings. The molecule has 0 radical (unpaired) electrons. The minimum Gasteiger partial charge on any atom is -0.465 e. The van der Waals surface area contributed by atoms with Gasteiger partial charge >= 0.3 is 5.97 Å². The zero-order valence-electron chi connectivity index (χ0n) is 14.2. The molecular weight excluding hydrogens is 341 g/mol. The van der Waals surface area contributed by atoms with Crippen molar-refractivity contribution in [2.45, 2.75) is 19.2 Å². The Morgan fingerprint density at radius 2 is 1.96 bits per heavy atom. The Balaban J connectivity index is 2.00. The minimum atomic E-state index is -0.414. The number of methoxy groups -OCH3 is 1. The summed E-state index contributed by atoms with van der Waals surface area (Å²) in [4.78, 5) is 25.9. The largest absolute Gasteiger partial charge is 0.465 e. The highest BCUT2D eigenvalue weighted by atomic mass is 32.2. The number of carbonyl (C=O) groups excluding carboxylic acids is 2. The zero-order valence-corrected chi connectivity index (χ0v) is 15.0. The molecule has 1 heterocycles. The van der Waals surface area contributed by atoms with Crippen molar-refractivity contribution in [2.75, 3.05) is 17.8 Å². The van der Waals surface area contributed by atoms with E-state index in [1.54, 1.807) is 42.2 Å². The van der Waals surface area contributed by atoms with Gasteiger partial charge in [0.15, 0.2) is 0 Å². The molecule has 1 aliphatic rings. The van der Waals surface area contributed by atoms with Gasteiger partial charge in [0.05, 0.1) is 18.4 Å². The number of hydrogen-bond acceptors (Lipinski definition) is 4. The van der Waals surface area contributed by atoms with E-state index < -0.39 is 5.97 Å². The number of benzene rings is 2. The van der Waals surface area contributed by atoms with Crippen LogP contribution in [-0.2, 0) is 9.53 Å². The number of carbonyl (C=O) groups is 2. The van der Waals surface area contributed by atoms with E-state index in [2.05, 4.69) is 0 Å². The fourth-order valence-corrected chi connectivity index (χ4v) is 4.08. The molecule has 3 rings (SSSR count). The Morgan fingerprint density at radius 3 is 2.60 bits per heavy atom. The van der Waals surface area contributed by atoms with E-state index in [0.29, 0.717) is 16.9 Å². The predicted molar refractivity (Wildman–Crippen MR) is 96.3 cm³/mol. The fourth-order valence-electron chi connectivity index (χ4n) is 2.92. The lowest BCUT2D eigenvalue weighted by Gasteiger charge is -2.26. The summed E-state index contributed by atoms with van der Waals surface area (Å²) in [6, 6.07) is 10.0. The van der Waals surface area contributed by atoms with Gasteiger partial charge in [0.25, 0.3) is 0 Å². The summed E-state index contributed by atoms with van der Waals surface area (Å²) in [6.07, 6.45) is 0. The number of anilines is 1. The summed E-state index contributed by atoms with van der Waals surface area (Å²) in [6.45, 7) is 3.56. The summed E-state index contributed by atoms with van der Waals surface area (Å²) >= 11 is 1.51. The van der Waals surface area contributed by atoms with Crippen LogP contribution in [-0.4, -0.2) is 24.7 Å². The highest BCUT2D eigenvalue weighted by Crippen LogP contribution is 2.43. The molecule has 0 spiro atoms. The number of nitrogens with zero attached hydrogens (tertiary/aromatic N) is 1. The summed E-state index contributed by atoms with van der Waals surface area (Å²) in [5.74, 6) is -0.323. The Labute approximate surface area is 150 Å². The van der Waals surface area contributed by atoms with Gasteiger partial charge in [-0.3, -0.25) is 9.69 Å². The average molecular weight is 359 g/mol. The minimum absolute atomic E-state index is 0.00843. The molecule has 1 atom stereocenters. The monoisotopic (exact) mass is 359 g/mol. The quantitative estimate of drug-likeness (QED) is 0.777. The zero-order chi connectivity index (χ0) is 18.1. The average Bonchev–Trinajstić information content (AvgIpc) is 2.98. The third-order valence-corrected chi connectivity index (χ3v) is 5.42. The molecule has 1 aliphatic heterocycles. The van der Waals surface area contributed by atoms with Crippen molar-refractivity contribution in [2.24, 2.45) is 0 Å². The smallest absolute Gasteiger partial charge is 0.337 e. The van der Waals surface area contributed by atoms with Gasteiger partial charge < -0.3 is 4.74 Å². The van der Waals surface area contributed by atoms with Gasteiger partial charge in [-0.25, -0.2) is 9.18 Å². The van der Waals surface area contributed by atoms with Gasteiger partial charge in [0.1, 0.15) is 11.2 Å². The first-order valence-electron chi connectivity index (χ1n) is 7.81. The summed E-state index contributed by atoms with van der Waals surface area (Å²) < 4.78 is 18.3. The van der Waals surface area contributed by atoms with E-state index in [1.807, 2.05) is 6.92 Å². The lowest BCUT2D eigenvalue weighted by atomic mass is 10.1. The highest BCUT2D eigenvalue weighted by Gasteiger charge is 2.35. The lowest BCUT2D eigenvalue weighted by molar-refractivity contribution is -0.115. The number of hydrogen-bond donors (Lipinski definition) is 0. The maximum Gasteiger partial charge on any atom is 0.337 e. The van der Waals surface area contributed by atoms with Gasteiger partial charge in [-0.15, -0.1) is 11.8 Å². The molecule has 0 aromatic heterocycles. The summed E-state index contributed by atoms with van der Waals surface area (Å²) in [5, 5.41) is -0.213. The second-order valence-corrected chi connectivity index (χ2v) is 7.00. The first kappa shape index (κ1) is 17.5. The number of ether oxygens (including phenoxy) is 1. The van der Waals surface area contributed by atoms with Crippen molar-refractivity contribution in [1.29, 1.82) is 0 Å². The van der Waals surface area contributed by atoms with E-state index in [1.165, 1.54) is 24.9 Å². The van der Waals surface area contributed by atoms with E-state index >= 15 is 0 Å². The maximum absolute atomic E-state index is 13.6. The Kier molecular flexibility index (Phi) is 4.81. The van der Waals surface area contributed by atoms with Gasteiger partial charge in [-0.1, -0.05) is 12.1 Å². The van der Waals surface area contributed by atoms with Crippen molar-refractivity contribution in [3.63, 3.8) is 0 Å². The van der Waals surface area contributed by atoms with Crippen LogP contribution in [0.4, 0.5) is 10.1 Å². The molecule has 130 valence electrons. The lowest BCUT2D eigenvalue weighted by Crippen LogP contribution is -2.28. The number of halogens is 1. The Bertz CT molecular complexity index is 853. The number of amides is 1. The summed E-state index contributed by atoms with van der Waals surface area (Å²) in [5.41, 5.74) is 3.43. The molecule has 2 aromatic carbocycles. The van der Waals surface area contributed by atoms with Crippen LogP contribution in [0, 0.1) is 19.7 Å². The van der Waals surface area contributed by atoms with E-state index in [-0.39, 0.29) is 17.1 Å². The van der Waals surface area contributed by atoms with E-state index in [9.17, 15) is 14.0 Å². The van der Waals surface area contributed by atoms with Crippen molar-refractivity contribution in [1.82, 2.24) is 0 Å². The van der Waals surface area contributed by atoms with Crippen LogP contribution in [0.15, 0.2) is 36.4 Å². The number of aryl methyl sites for hydroxylation is 2. The molecule has 1 saturated heterocycles. The molecule has 0 N–H and O–H groups in total. The van der Waals surface area contributed by atoms with Crippen LogP contribution in [0.1, 0.15) is 32.4 Å². The Hall–Kier alpha value is -2.34. The first-order valence-corrected chi connectivity index (χ1v) is 8.86. The van der Waals surface area contributed by atoms with Gasteiger partial charge in [-0.2, -0.15) is 0 Å². The van der Waals surface area contributed by atoms with Gasteiger partial charge in [0.2, 0.25) is 5.91 Å². The third-order valence-electron chi connectivity index (χ3n) is 4.21. The second-order valence-electron chi connectivity index (χ2n) is 5.93. The molecule has 0 bridgehead atoms. The number of esters is 1. The van der Waals surface area contributed by atoms with Crippen LogP contribution in [0.25, 0.3) is 0 Å². The molecule has 0 aliphatic carbocycles. The SMILES string of the molecule is COC(=O)c1ccc(N2C(=O)CSC2c2ccc(F)c(C)c2)c(C)c1. The van der Waals surface area contributed by atoms with Gasteiger partial charge in [-0.05, 0) is 54.8 Å². The van der Waals surface area contributed by atoms with E-state index in [4.69, 9.17) is 4.74 Å². The molecule has 1 unspecified atom stereocenters. The predicted octanol–water partition coefficient (Wildman–Crippen LogP) is 4.01. The van der Waals surface area contributed by atoms with Crippen molar-refractivity contribution < 1.29 is 18.7 Å². The first-order chi connectivity index (χ1) is 11.9. The fraction of sp³-hybridized carbons (Fsp3) is 0.263. The molecule has 25 heavy (non-hydrogen) atoms. The molecule has 2 aromatic rings. The van der Waals surface area contributed by atoms with Crippen molar-refractivity contribution >= 4 is 29.3 Å². The van der Waals surface area contributed by atoms with Crippen molar-refractivity contribution in [3.05, 3.63) is 64.5 Å². The molecule has 4 nitrogen and oxygen atoms in total. The van der Waals surface area contributed by atoms with E-state index in [0.717, 1.165) is 16.8 Å². The maximum atomic E-state index is 13.6. The topological polar surface area (TPSA) is 46.6 Å². The van der Waals surface area contributed by atoms with Crippen LogP contribution in [0.3, 0.4) is 0 Å². The van der Waals surface area contributed by atoms with Crippen LogP contribution in [0.5, 0.6) is 0 Å². The number of rotatable bonds is 3. The van der Waals surface area contributed by atoms with Gasteiger partial charge in [0, 0.05) is 5.69 Å². The van der Waals surface area contributed by atoms with Crippen LogP contribution < -0.4 is 4.90 Å². The second kappa shape index (κ2) is 6.88. The van der Waals surface area contributed by atoms with Crippen LogP contribution in [0.2, 0.25) is 0 Å². The number of thioether (sulfide) groups is 1. The highest BCUT2D eigenvalue weighted by molar-refractivity contribution is 8.00.